The van der Waals surface area contributed by atoms with Crippen molar-refractivity contribution in [2.24, 2.45) is 0 Å². The lowest BCUT2D eigenvalue weighted by Gasteiger charge is -2.24. The molecule has 0 aliphatic carbocycles. The maximum Gasteiger partial charge on any atom is 0.264 e. The van der Waals surface area contributed by atoms with Crippen molar-refractivity contribution < 1.29 is 22.8 Å². The van der Waals surface area contributed by atoms with Crippen molar-refractivity contribution in [2.75, 3.05) is 6.26 Å². The van der Waals surface area contributed by atoms with Crippen LogP contribution in [0.15, 0.2) is 30.6 Å². The minimum atomic E-state index is -3.76. The Morgan fingerprint density at radius 3 is 2.64 bits per heavy atom. The highest BCUT2D eigenvalue weighted by atomic mass is 32.2. The number of rotatable bonds is 6. The number of carbonyl (C=O) groups is 1. The highest BCUT2D eigenvalue weighted by Gasteiger charge is 2.43. The summed E-state index contributed by atoms with van der Waals surface area (Å²) in [7, 11) is -3.76. The summed E-state index contributed by atoms with van der Waals surface area (Å²) in [4.78, 5) is 11.8. The van der Waals surface area contributed by atoms with Crippen LogP contribution in [0.25, 0.3) is 11.1 Å². The third-order valence-electron chi connectivity index (χ3n) is 4.34. The molecule has 0 radical (unpaired) electrons. The number of hydroxylamine groups is 1. The maximum absolute atomic E-state index is 13.4. The first-order valence-electron chi connectivity index (χ1n) is 7.51. The van der Waals surface area contributed by atoms with Crippen molar-refractivity contribution in [2.45, 2.75) is 31.6 Å². The van der Waals surface area contributed by atoms with Gasteiger partial charge in [0.25, 0.3) is 5.91 Å². The summed E-state index contributed by atoms with van der Waals surface area (Å²) in [5.74, 6) is -1.29. The zero-order valence-corrected chi connectivity index (χ0v) is 15.0. The average molecular weight is 369 g/mol. The SMILES string of the molecule is Cc1cc(-c2cnn(CCC(C)(C(=O)NO)S(C)(=O)=O)c2)ccc1F. The molecule has 1 atom stereocenters. The molecule has 136 valence electrons. The van der Waals surface area contributed by atoms with Crippen molar-refractivity contribution >= 4 is 15.7 Å². The van der Waals surface area contributed by atoms with Gasteiger partial charge in [0.05, 0.1) is 6.20 Å². The average Bonchev–Trinajstić information content (AvgIpc) is 3.02. The number of benzene rings is 1. The Bertz CT molecular complexity index is 895. The van der Waals surface area contributed by atoms with Gasteiger partial charge in [-0.25, -0.2) is 18.3 Å². The van der Waals surface area contributed by atoms with Crippen LogP contribution in [0.1, 0.15) is 18.9 Å². The second-order valence-electron chi connectivity index (χ2n) is 6.15. The van der Waals surface area contributed by atoms with Gasteiger partial charge in [0, 0.05) is 24.6 Å². The van der Waals surface area contributed by atoms with E-state index in [0.29, 0.717) is 5.56 Å². The number of aryl methyl sites for hydroxylation is 2. The highest BCUT2D eigenvalue weighted by Crippen LogP contribution is 2.24. The van der Waals surface area contributed by atoms with E-state index in [1.807, 2.05) is 0 Å². The number of aromatic nitrogens is 2. The molecule has 1 unspecified atom stereocenters. The Labute approximate surface area is 145 Å². The molecule has 0 bridgehead atoms. The van der Waals surface area contributed by atoms with E-state index >= 15 is 0 Å². The molecule has 0 saturated carbocycles. The van der Waals surface area contributed by atoms with E-state index in [-0.39, 0.29) is 18.8 Å². The lowest BCUT2D eigenvalue weighted by atomic mass is 10.1. The molecule has 0 saturated heterocycles. The monoisotopic (exact) mass is 369 g/mol. The van der Waals surface area contributed by atoms with Crippen LogP contribution >= 0.6 is 0 Å². The van der Waals surface area contributed by atoms with Gasteiger partial charge in [-0.15, -0.1) is 0 Å². The number of amides is 1. The fourth-order valence-corrected chi connectivity index (χ4v) is 3.22. The summed E-state index contributed by atoms with van der Waals surface area (Å²) in [6.07, 6.45) is 4.14. The van der Waals surface area contributed by atoms with E-state index in [1.54, 1.807) is 31.5 Å². The molecular formula is C16H20FN3O4S. The van der Waals surface area contributed by atoms with Crippen LogP contribution in [0.2, 0.25) is 0 Å². The van der Waals surface area contributed by atoms with Gasteiger partial charge in [-0.2, -0.15) is 5.10 Å². The van der Waals surface area contributed by atoms with E-state index in [0.717, 1.165) is 17.4 Å². The van der Waals surface area contributed by atoms with E-state index in [9.17, 15) is 17.6 Å². The van der Waals surface area contributed by atoms with E-state index < -0.39 is 20.5 Å². The largest absolute Gasteiger partial charge is 0.289 e. The van der Waals surface area contributed by atoms with Gasteiger partial charge >= 0.3 is 0 Å². The molecule has 1 aromatic heterocycles. The Kier molecular flexibility index (Phi) is 5.28. The smallest absolute Gasteiger partial charge is 0.264 e. The fraction of sp³-hybridized carbons (Fsp3) is 0.375. The van der Waals surface area contributed by atoms with Gasteiger partial charge in [0.1, 0.15) is 5.82 Å². The van der Waals surface area contributed by atoms with Crippen LogP contribution in [-0.2, 0) is 21.2 Å². The van der Waals surface area contributed by atoms with Crippen molar-refractivity contribution in [1.82, 2.24) is 15.3 Å². The first-order chi connectivity index (χ1) is 11.6. The summed E-state index contributed by atoms with van der Waals surface area (Å²) in [6.45, 7) is 3.06. The minimum absolute atomic E-state index is 0.0677. The number of carbonyl (C=O) groups excluding carboxylic acids is 1. The lowest BCUT2D eigenvalue weighted by molar-refractivity contribution is -0.131. The molecule has 2 N–H and O–H groups in total. The van der Waals surface area contributed by atoms with Gasteiger partial charge in [-0.05, 0) is 43.5 Å². The van der Waals surface area contributed by atoms with Crippen LogP contribution in [0.5, 0.6) is 0 Å². The minimum Gasteiger partial charge on any atom is -0.289 e. The van der Waals surface area contributed by atoms with E-state index in [2.05, 4.69) is 5.10 Å². The Morgan fingerprint density at radius 2 is 2.08 bits per heavy atom. The predicted octanol–water partition coefficient (Wildman–Crippen LogP) is 1.70. The topological polar surface area (TPSA) is 101 Å². The first-order valence-corrected chi connectivity index (χ1v) is 9.41. The second-order valence-corrected chi connectivity index (χ2v) is 8.60. The van der Waals surface area contributed by atoms with Crippen LogP contribution in [0.3, 0.4) is 0 Å². The molecule has 0 aliphatic heterocycles. The number of nitrogens with one attached hydrogen (secondary N) is 1. The highest BCUT2D eigenvalue weighted by molar-refractivity contribution is 7.92. The molecule has 2 aromatic rings. The third kappa shape index (κ3) is 3.88. The first kappa shape index (κ1) is 19.1. The molecule has 1 amide bonds. The number of hydrogen-bond donors (Lipinski definition) is 2. The number of sulfone groups is 1. The van der Waals surface area contributed by atoms with Gasteiger partial charge < -0.3 is 0 Å². The normalized spacial score (nSPS) is 14.1. The lowest BCUT2D eigenvalue weighted by Crippen LogP contribution is -2.49. The zero-order valence-electron chi connectivity index (χ0n) is 14.2. The predicted molar refractivity (Wildman–Crippen MR) is 90.2 cm³/mol. The Hall–Kier alpha value is -2.26. The van der Waals surface area contributed by atoms with Gasteiger partial charge in [0.2, 0.25) is 0 Å². The van der Waals surface area contributed by atoms with Crippen molar-refractivity contribution in [3.63, 3.8) is 0 Å². The summed E-state index contributed by atoms with van der Waals surface area (Å²) in [5, 5.41) is 13.0. The molecule has 9 heteroatoms. The zero-order chi connectivity index (χ0) is 18.8. The number of halogens is 1. The molecule has 25 heavy (non-hydrogen) atoms. The van der Waals surface area contributed by atoms with Crippen LogP contribution < -0.4 is 5.48 Å². The molecule has 1 aromatic carbocycles. The Balaban J connectivity index is 2.20. The number of hydrogen-bond acceptors (Lipinski definition) is 5. The van der Waals surface area contributed by atoms with Gasteiger partial charge in [-0.1, -0.05) is 6.07 Å². The fourth-order valence-electron chi connectivity index (χ4n) is 2.37. The van der Waals surface area contributed by atoms with Crippen molar-refractivity contribution in [3.05, 3.63) is 42.0 Å². The van der Waals surface area contributed by atoms with Gasteiger partial charge in [0.15, 0.2) is 14.6 Å². The summed E-state index contributed by atoms with van der Waals surface area (Å²) in [6, 6.07) is 4.69. The molecule has 2 rings (SSSR count). The second kappa shape index (κ2) is 6.93. The summed E-state index contributed by atoms with van der Waals surface area (Å²) in [5.41, 5.74) is 3.44. The van der Waals surface area contributed by atoms with E-state index in [4.69, 9.17) is 5.21 Å². The Morgan fingerprint density at radius 1 is 1.40 bits per heavy atom. The van der Waals surface area contributed by atoms with Crippen molar-refractivity contribution in [1.29, 1.82) is 0 Å². The molecule has 0 spiro atoms. The van der Waals surface area contributed by atoms with Crippen molar-refractivity contribution in [3.8, 4) is 11.1 Å². The quantitative estimate of drug-likeness (QED) is 0.596. The molecule has 0 aliphatic rings. The van der Waals surface area contributed by atoms with Crippen LogP contribution in [0.4, 0.5) is 4.39 Å². The molecule has 7 nitrogen and oxygen atoms in total. The number of nitrogens with zero attached hydrogens (tertiary/aromatic N) is 2. The van der Waals surface area contributed by atoms with E-state index in [1.165, 1.54) is 23.2 Å². The molecule has 1 heterocycles. The molecule has 0 fully saturated rings. The third-order valence-corrected chi connectivity index (χ3v) is 6.37. The standard InChI is InChI=1S/C16H20FN3O4S/c1-11-8-12(4-5-14(11)17)13-9-18-20(10-13)7-6-16(2,15(21)19-22)25(3,23)24/h4-5,8-10,22H,6-7H2,1-3H3,(H,19,21). The van der Waals surface area contributed by atoms with Crippen LogP contribution in [-0.4, -0.2) is 40.3 Å². The summed E-state index contributed by atoms with van der Waals surface area (Å²) < 4.78 is 36.9. The van der Waals surface area contributed by atoms with Gasteiger partial charge in [-0.3, -0.25) is 14.7 Å². The van der Waals surface area contributed by atoms with Crippen LogP contribution in [0, 0.1) is 12.7 Å². The summed E-state index contributed by atoms with van der Waals surface area (Å²) >= 11 is 0. The maximum atomic E-state index is 13.4. The molecular weight excluding hydrogens is 349 g/mol.